The van der Waals surface area contributed by atoms with Crippen LogP contribution in [-0.4, -0.2) is 65.8 Å². The van der Waals surface area contributed by atoms with Gasteiger partial charge in [0, 0.05) is 20.2 Å². The van der Waals surface area contributed by atoms with Crippen LogP contribution in [0.1, 0.15) is 39.3 Å². The molecule has 1 aliphatic rings. The number of rotatable bonds is 6. The molecule has 0 saturated carbocycles. The van der Waals surface area contributed by atoms with Crippen LogP contribution in [0.3, 0.4) is 0 Å². The number of hydrogen-bond acceptors (Lipinski definition) is 8. The zero-order valence-electron chi connectivity index (χ0n) is 15.8. The number of ether oxygens (including phenoxy) is 2. The number of aryl methyl sites for hydroxylation is 1. The fourth-order valence-electron chi connectivity index (χ4n) is 2.99. The van der Waals surface area contributed by atoms with E-state index in [1.54, 1.807) is 21.0 Å². The second-order valence-electron chi connectivity index (χ2n) is 6.32. The quantitative estimate of drug-likeness (QED) is 0.678. The highest BCUT2D eigenvalue weighted by Crippen LogP contribution is 2.27. The third kappa shape index (κ3) is 4.45. The number of thiazole rings is 1. The van der Waals surface area contributed by atoms with Gasteiger partial charge in [-0.25, -0.2) is 14.8 Å². The molecule has 11 heteroatoms. The second-order valence-corrected chi connectivity index (χ2v) is 7.68. The fourth-order valence-corrected chi connectivity index (χ4v) is 3.96. The Morgan fingerprint density at radius 2 is 2.29 bits per heavy atom. The van der Waals surface area contributed by atoms with Crippen LogP contribution in [-0.2, 0) is 9.47 Å². The van der Waals surface area contributed by atoms with Crippen LogP contribution in [0, 0.1) is 6.92 Å². The molecule has 1 amide bonds. The molecule has 9 nitrogen and oxygen atoms in total. The molecule has 2 aromatic heterocycles. The first-order valence-corrected chi connectivity index (χ1v) is 10.1. The van der Waals surface area contributed by atoms with Crippen LogP contribution in [0.4, 0.5) is 5.13 Å². The summed E-state index contributed by atoms with van der Waals surface area (Å²) in [6.07, 6.45) is 1.95. The SMILES string of the molecule is CCOC(=O)c1cnc(N2CCC(NC(=O)c3nc(Cl)c(C)[nH]3)C(OC)C2)s1. The number of aromatic nitrogens is 3. The smallest absolute Gasteiger partial charge is 0.350 e. The van der Waals surface area contributed by atoms with Gasteiger partial charge in [-0.05, 0) is 20.3 Å². The number of carbonyl (C=O) groups excluding carboxylic acids is 2. The van der Waals surface area contributed by atoms with Gasteiger partial charge in [0.05, 0.1) is 30.6 Å². The lowest BCUT2D eigenvalue weighted by atomic mass is 10.0. The number of nitrogens with one attached hydrogen (secondary N) is 2. The highest BCUT2D eigenvalue weighted by atomic mass is 35.5. The van der Waals surface area contributed by atoms with Gasteiger partial charge < -0.3 is 24.7 Å². The number of piperidine rings is 1. The number of nitrogens with zero attached hydrogens (tertiary/aromatic N) is 3. The lowest BCUT2D eigenvalue weighted by Crippen LogP contribution is -2.55. The Hall–Kier alpha value is -2.17. The summed E-state index contributed by atoms with van der Waals surface area (Å²) in [7, 11) is 1.60. The van der Waals surface area contributed by atoms with Gasteiger partial charge in [0.2, 0.25) is 0 Å². The van der Waals surface area contributed by atoms with Gasteiger partial charge in [-0.1, -0.05) is 22.9 Å². The first-order valence-electron chi connectivity index (χ1n) is 8.86. The zero-order valence-corrected chi connectivity index (χ0v) is 17.4. The average molecular weight is 428 g/mol. The number of hydrogen-bond donors (Lipinski definition) is 2. The van der Waals surface area contributed by atoms with Gasteiger partial charge >= 0.3 is 5.97 Å². The molecule has 2 atom stereocenters. The molecule has 28 heavy (non-hydrogen) atoms. The minimum atomic E-state index is -0.371. The van der Waals surface area contributed by atoms with Crippen molar-refractivity contribution in [2.75, 3.05) is 31.7 Å². The van der Waals surface area contributed by atoms with Crippen LogP contribution >= 0.6 is 22.9 Å². The molecule has 152 valence electrons. The van der Waals surface area contributed by atoms with Crippen molar-refractivity contribution >= 4 is 39.9 Å². The molecule has 0 bridgehead atoms. The number of halogens is 1. The standard InChI is InChI=1S/C17H22ClN5O4S/c1-4-27-16(25)12-7-19-17(28-12)23-6-5-10(11(8-23)26-3)21-15(24)14-20-9(2)13(18)22-14/h7,10-11H,4-6,8H2,1-3H3,(H,20,22)(H,21,24). The molecule has 1 fully saturated rings. The van der Waals surface area contributed by atoms with Crippen molar-refractivity contribution < 1.29 is 19.1 Å². The van der Waals surface area contributed by atoms with E-state index in [2.05, 4.69) is 20.3 Å². The Bertz CT molecular complexity index is 835. The van der Waals surface area contributed by atoms with E-state index in [9.17, 15) is 9.59 Å². The maximum absolute atomic E-state index is 12.4. The van der Waals surface area contributed by atoms with E-state index >= 15 is 0 Å². The van der Waals surface area contributed by atoms with Crippen molar-refractivity contribution in [3.63, 3.8) is 0 Å². The van der Waals surface area contributed by atoms with E-state index in [-0.39, 0.29) is 35.0 Å². The van der Waals surface area contributed by atoms with Crippen molar-refractivity contribution in [1.82, 2.24) is 20.3 Å². The monoisotopic (exact) mass is 427 g/mol. The molecule has 1 aliphatic heterocycles. The minimum Gasteiger partial charge on any atom is -0.462 e. The summed E-state index contributed by atoms with van der Waals surface area (Å²) in [6, 6.07) is -0.178. The maximum atomic E-state index is 12.4. The first-order chi connectivity index (χ1) is 13.4. The lowest BCUT2D eigenvalue weighted by molar-refractivity contribution is 0.0530. The minimum absolute atomic E-state index is 0.178. The zero-order chi connectivity index (χ0) is 20.3. The van der Waals surface area contributed by atoms with Gasteiger partial charge in [0.1, 0.15) is 4.88 Å². The van der Waals surface area contributed by atoms with Crippen LogP contribution in [0.5, 0.6) is 0 Å². The Morgan fingerprint density at radius 1 is 1.50 bits per heavy atom. The largest absolute Gasteiger partial charge is 0.462 e. The van der Waals surface area contributed by atoms with Crippen molar-refractivity contribution in [3.8, 4) is 0 Å². The number of amides is 1. The van der Waals surface area contributed by atoms with Gasteiger partial charge in [0.15, 0.2) is 16.1 Å². The lowest BCUT2D eigenvalue weighted by Gasteiger charge is -2.37. The van der Waals surface area contributed by atoms with Crippen LogP contribution in [0.25, 0.3) is 0 Å². The summed E-state index contributed by atoms with van der Waals surface area (Å²) in [4.78, 5) is 38.0. The molecule has 2 aromatic rings. The number of anilines is 1. The van der Waals surface area contributed by atoms with E-state index in [4.69, 9.17) is 21.1 Å². The third-order valence-electron chi connectivity index (χ3n) is 4.46. The number of esters is 1. The Morgan fingerprint density at radius 3 is 2.93 bits per heavy atom. The number of carbonyl (C=O) groups is 2. The van der Waals surface area contributed by atoms with E-state index in [0.29, 0.717) is 36.7 Å². The summed E-state index contributed by atoms with van der Waals surface area (Å²) in [5.41, 5.74) is 0.645. The molecule has 0 aromatic carbocycles. The summed E-state index contributed by atoms with van der Waals surface area (Å²) in [5, 5.41) is 3.96. The van der Waals surface area contributed by atoms with Crippen LogP contribution in [0.15, 0.2) is 6.20 Å². The first kappa shape index (κ1) is 20.6. The molecule has 3 heterocycles. The summed E-state index contributed by atoms with van der Waals surface area (Å²) in [6.45, 7) is 5.04. The van der Waals surface area contributed by atoms with Crippen molar-refractivity contribution in [2.24, 2.45) is 0 Å². The second kappa shape index (κ2) is 8.89. The van der Waals surface area contributed by atoms with Gasteiger partial charge in [-0.3, -0.25) is 4.79 Å². The predicted molar refractivity (Wildman–Crippen MR) is 105 cm³/mol. The molecule has 2 unspecified atom stereocenters. The molecule has 1 saturated heterocycles. The number of aromatic amines is 1. The topological polar surface area (TPSA) is 109 Å². The normalized spacial score (nSPS) is 19.5. The molecule has 0 spiro atoms. The molecular formula is C17H22ClN5O4S. The van der Waals surface area contributed by atoms with Gasteiger partial charge in [-0.2, -0.15) is 0 Å². The van der Waals surface area contributed by atoms with Crippen molar-refractivity contribution in [3.05, 3.63) is 27.7 Å². The van der Waals surface area contributed by atoms with Crippen LogP contribution in [0.2, 0.25) is 5.15 Å². The van der Waals surface area contributed by atoms with E-state index in [0.717, 1.165) is 5.13 Å². The molecule has 0 radical (unpaired) electrons. The Labute approximate surface area is 171 Å². The average Bonchev–Trinajstić information content (AvgIpc) is 3.30. The number of methoxy groups -OCH3 is 1. The molecule has 2 N–H and O–H groups in total. The summed E-state index contributed by atoms with van der Waals surface area (Å²) in [5.74, 6) is -0.516. The van der Waals surface area contributed by atoms with E-state index in [1.807, 2.05) is 4.90 Å². The van der Waals surface area contributed by atoms with Crippen LogP contribution < -0.4 is 10.2 Å². The van der Waals surface area contributed by atoms with Gasteiger partial charge in [-0.15, -0.1) is 0 Å². The Kier molecular flexibility index (Phi) is 6.53. The number of H-pyrrole nitrogens is 1. The van der Waals surface area contributed by atoms with E-state index in [1.165, 1.54) is 17.5 Å². The Balaban J connectivity index is 1.63. The predicted octanol–water partition coefficient (Wildman–Crippen LogP) is 2.03. The highest BCUT2D eigenvalue weighted by Gasteiger charge is 2.32. The molecular weight excluding hydrogens is 406 g/mol. The van der Waals surface area contributed by atoms with Crippen molar-refractivity contribution in [2.45, 2.75) is 32.4 Å². The summed E-state index contributed by atoms with van der Waals surface area (Å²) < 4.78 is 10.6. The fraction of sp³-hybridized carbons (Fsp3) is 0.529. The highest BCUT2D eigenvalue weighted by molar-refractivity contribution is 7.17. The van der Waals surface area contributed by atoms with Gasteiger partial charge in [0.25, 0.3) is 5.91 Å². The molecule has 0 aliphatic carbocycles. The summed E-state index contributed by atoms with van der Waals surface area (Å²) >= 11 is 7.19. The number of imidazole rings is 1. The molecule has 3 rings (SSSR count). The van der Waals surface area contributed by atoms with Crippen molar-refractivity contribution in [1.29, 1.82) is 0 Å². The maximum Gasteiger partial charge on any atom is 0.350 e. The van der Waals surface area contributed by atoms with E-state index < -0.39 is 0 Å². The third-order valence-corrected chi connectivity index (χ3v) is 5.87.